The topological polar surface area (TPSA) is 70.5 Å². The molecule has 1 unspecified atom stereocenters. The number of rotatable bonds is 6. The van der Waals surface area contributed by atoms with Crippen LogP contribution in [0.4, 0.5) is 0 Å². The summed E-state index contributed by atoms with van der Waals surface area (Å²) in [4.78, 5) is 0. The third-order valence-corrected chi connectivity index (χ3v) is 3.23. The quantitative estimate of drug-likeness (QED) is 0.874. The van der Waals surface area contributed by atoms with Crippen molar-refractivity contribution in [3.05, 3.63) is 45.8 Å². The summed E-state index contributed by atoms with van der Waals surface area (Å²) in [6.45, 7) is 2.65. The summed E-state index contributed by atoms with van der Waals surface area (Å²) in [7, 11) is 1.61. The van der Waals surface area contributed by atoms with E-state index in [1.54, 1.807) is 7.11 Å². The highest BCUT2D eigenvalue weighted by molar-refractivity contribution is 9.10. The minimum atomic E-state index is -0.108. The van der Waals surface area contributed by atoms with Crippen molar-refractivity contribution in [2.75, 3.05) is 7.11 Å². The molecule has 0 fully saturated rings. The largest absolute Gasteiger partial charge is 0.487 e. The first-order valence-electron chi connectivity index (χ1n) is 6.21. The second kappa shape index (κ2) is 6.88. The highest BCUT2D eigenvalue weighted by Gasteiger charge is 2.10. The van der Waals surface area contributed by atoms with E-state index in [2.05, 4.69) is 21.1 Å². The minimum Gasteiger partial charge on any atom is -0.487 e. The molecular weight excluding hydrogens is 324 g/mol. The van der Waals surface area contributed by atoms with E-state index in [0.717, 1.165) is 21.5 Å². The maximum absolute atomic E-state index is 5.94. The minimum absolute atomic E-state index is 0.108. The zero-order chi connectivity index (χ0) is 14.5. The maximum atomic E-state index is 5.94. The van der Waals surface area contributed by atoms with Crippen LogP contribution in [0.25, 0.3) is 0 Å². The lowest BCUT2D eigenvalue weighted by Crippen LogP contribution is -2.08. The first kappa shape index (κ1) is 15.0. The summed E-state index contributed by atoms with van der Waals surface area (Å²) in [5.41, 5.74) is 7.61. The predicted octanol–water partition coefficient (Wildman–Crippen LogP) is 3.18. The lowest BCUT2D eigenvalue weighted by Gasteiger charge is -2.13. The van der Waals surface area contributed by atoms with E-state index in [1.807, 2.05) is 31.2 Å². The van der Waals surface area contributed by atoms with E-state index in [0.29, 0.717) is 19.0 Å². The predicted molar refractivity (Wildman–Crippen MR) is 78.3 cm³/mol. The van der Waals surface area contributed by atoms with Crippen LogP contribution < -0.4 is 10.5 Å². The lowest BCUT2D eigenvalue weighted by atomic mass is 10.1. The Hall–Kier alpha value is -1.37. The summed E-state index contributed by atoms with van der Waals surface area (Å²) in [5, 5.41) is 3.92. The Morgan fingerprint density at radius 2 is 2.15 bits per heavy atom. The summed E-state index contributed by atoms with van der Waals surface area (Å²) < 4.78 is 16.8. The normalized spacial score (nSPS) is 12.4. The fourth-order valence-electron chi connectivity index (χ4n) is 1.79. The number of halogens is 1. The number of ether oxygens (including phenoxy) is 2. The van der Waals surface area contributed by atoms with Gasteiger partial charge in [0.25, 0.3) is 0 Å². The SMILES string of the molecule is COCc1cc(COc2ccc(Br)cc2C(C)N)no1. The van der Waals surface area contributed by atoms with Gasteiger partial charge in [-0.3, -0.25) is 0 Å². The molecule has 5 nitrogen and oxygen atoms in total. The van der Waals surface area contributed by atoms with Gasteiger partial charge in [-0.15, -0.1) is 0 Å². The molecule has 6 heteroatoms. The number of nitrogens with two attached hydrogens (primary N) is 1. The van der Waals surface area contributed by atoms with Gasteiger partial charge in [0.05, 0.1) is 0 Å². The first-order valence-corrected chi connectivity index (χ1v) is 7.00. The van der Waals surface area contributed by atoms with Gasteiger partial charge < -0.3 is 19.7 Å². The fraction of sp³-hybridized carbons (Fsp3) is 0.357. The summed E-state index contributed by atoms with van der Waals surface area (Å²) >= 11 is 3.43. The van der Waals surface area contributed by atoms with Crippen LogP contribution in [0.3, 0.4) is 0 Å². The Kier molecular flexibility index (Phi) is 5.17. The van der Waals surface area contributed by atoms with Crippen LogP contribution in [0.15, 0.2) is 33.3 Å². The first-order chi connectivity index (χ1) is 9.60. The van der Waals surface area contributed by atoms with Gasteiger partial charge in [-0.25, -0.2) is 0 Å². The fourth-order valence-corrected chi connectivity index (χ4v) is 2.17. The second-order valence-electron chi connectivity index (χ2n) is 4.48. The van der Waals surface area contributed by atoms with Crippen LogP contribution in [0.1, 0.15) is 30.0 Å². The molecule has 1 atom stereocenters. The van der Waals surface area contributed by atoms with Crippen molar-refractivity contribution < 1.29 is 14.0 Å². The summed E-state index contributed by atoms with van der Waals surface area (Å²) in [6.07, 6.45) is 0. The molecule has 1 aromatic carbocycles. The van der Waals surface area contributed by atoms with E-state index in [-0.39, 0.29) is 6.04 Å². The van der Waals surface area contributed by atoms with Gasteiger partial charge in [0.1, 0.15) is 24.7 Å². The number of benzene rings is 1. The van der Waals surface area contributed by atoms with E-state index in [4.69, 9.17) is 19.7 Å². The molecule has 0 aliphatic carbocycles. The van der Waals surface area contributed by atoms with Crippen LogP contribution in [-0.4, -0.2) is 12.3 Å². The van der Waals surface area contributed by atoms with E-state index >= 15 is 0 Å². The zero-order valence-electron chi connectivity index (χ0n) is 11.4. The average molecular weight is 341 g/mol. The van der Waals surface area contributed by atoms with Crippen LogP contribution >= 0.6 is 15.9 Å². The molecular formula is C14H17BrN2O3. The highest BCUT2D eigenvalue weighted by atomic mass is 79.9. The van der Waals surface area contributed by atoms with Gasteiger partial charge >= 0.3 is 0 Å². The summed E-state index contributed by atoms with van der Waals surface area (Å²) in [6, 6.07) is 7.47. The molecule has 0 aliphatic heterocycles. The molecule has 0 spiro atoms. The van der Waals surface area contributed by atoms with Gasteiger partial charge in [-0.1, -0.05) is 21.1 Å². The molecule has 20 heavy (non-hydrogen) atoms. The Balaban J connectivity index is 2.06. The molecule has 0 saturated carbocycles. The molecule has 0 aliphatic rings. The molecule has 0 amide bonds. The van der Waals surface area contributed by atoms with Crippen LogP contribution in [0.5, 0.6) is 5.75 Å². The Bertz CT molecular complexity index is 569. The number of methoxy groups -OCH3 is 1. The third kappa shape index (κ3) is 3.82. The highest BCUT2D eigenvalue weighted by Crippen LogP contribution is 2.28. The van der Waals surface area contributed by atoms with Gasteiger partial charge in [0, 0.05) is 29.3 Å². The van der Waals surface area contributed by atoms with Crippen LogP contribution in [-0.2, 0) is 18.0 Å². The number of nitrogens with zero attached hydrogens (tertiary/aromatic N) is 1. The molecule has 2 N–H and O–H groups in total. The number of hydrogen-bond acceptors (Lipinski definition) is 5. The van der Waals surface area contributed by atoms with Crippen molar-refractivity contribution in [2.24, 2.45) is 5.73 Å². The maximum Gasteiger partial charge on any atom is 0.162 e. The standard InChI is InChI=1S/C14H17BrN2O3/c1-9(16)13-5-10(15)3-4-14(13)19-7-11-6-12(8-18-2)20-17-11/h3-6,9H,7-8,16H2,1-2H3. The van der Waals surface area contributed by atoms with Gasteiger partial charge in [0.15, 0.2) is 5.76 Å². The van der Waals surface area contributed by atoms with Crippen LogP contribution in [0.2, 0.25) is 0 Å². The van der Waals surface area contributed by atoms with E-state index in [9.17, 15) is 0 Å². The van der Waals surface area contributed by atoms with Gasteiger partial charge in [-0.05, 0) is 25.1 Å². The van der Waals surface area contributed by atoms with Crippen molar-refractivity contribution in [1.29, 1.82) is 0 Å². The second-order valence-corrected chi connectivity index (χ2v) is 5.39. The zero-order valence-corrected chi connectivity index (χ0v) is 13.0. The Morgan fingerprint density at radius 1 is 1.35 bits per heavy atom. The average Bonchev–Trinajstić information content (AvgIpc) is 2.85. The molecule has 108 valence electrons. The van der Waals surface area contributed by atoms with E-state index in [1.165, 1.54) is 0 Å². The van der Waals surface area contributed by atoms with Crippen molar-refractivity contribution in [1.82, 2.24) is 5.16 Å². The number of hydrogen-bond donors (Lipinski definition) is 1. The lowest BCUT2D eigenvalue weighted by molar-refractivity contribution is 0.155. The molecule has 0 bridgehead atoms. The van der Waals surface area contributed by atoms with Gasteiger partial charge in [0.2, 0.25) is 0 Å². The van der Waals surface area contributed by atoms with Crippen molar-refractivity contribution >= 4 is 15.9 Å². The molecule has 0 saturated heterocycles. The van der Waals surface area contributed by atoms with Crippen molar-refractivity contribution in [3.63, 3.8) is 0 Å². The van der Waals surface area contributed by atoms with Crippen molar-refractivity contribution in [2.45, 2.75) is 26.2 Å². The smallest absolute Gasteiger partial charge is 0.162 e. The van der Waals surface area contributed by atoms with Crippen LogP contribution in [0, 0.1) is 0 Å². The Morgan fingerprint density at radius 3 is 2.85 bits per heavy atom. The van der Waals surface area contributed by atoms with Crippen molar-refractivity contribution in [3.8, 4) is 5.75 Å². The Labute approximate surface area is 126 Å². The third-order valence-electron chi connectivity index (χ3n) is 2.73. The molecule has 1 heterocycles. The molecule has 1 aromatic heterocycles. The monoisotopic (exact) mass is 340 g/mol. The van der Waals surface area contributed by atoms with E-state index < -0.39 is 0 Å². The molecule has 2 rings (SSSR count). The molecule has 0 radical (unpaired) electrons. The van der Waals surface area contributed by atoms with Gasteiger partial charge in [-0.2, -0.15) is 0 Å². The molecule has 2 aromatic rings. The number of aromatic nitrogens is 1. The summed E-state index contributed by atoms with van der Waals surface area (Å²) in [5.74, 6) is 1.42.